The molecule has 0 aliphatic carbocycles. The first kappa shape index (κ1) is 19.7. The number of ether oxygens (including phenoxy) is 1. The van der Waals surface area contributed by atoms with Crippen molar-refractivity contribution in [1.82, 2.24) is 9.96 Å². The molecule has 2 heterocycles. The minimum absolute atomic E-state index is 0.235. The standard InChI is InChI=1S/C25H24N2O4/c1-17-22(24(28)26-14-15-30-25(26)29)23(27(31-17)16-18-8-3-2-4-9-18)21-13-7-11-19-10-5-6-12-20(19)21/h2-13,17,22-23H,14-16H2,1H3/t17-,22-,23+/m0/s1. The topological polar surface area (TPSA) is 59.1 Å². The van der Waals surface area contributed by atoms with E-state index in [0.29, 0.717) is 6.54 Å². The van der Waals surface area contributed by atoms with Gasteiger partial charge < -0.3 is 4.74 Å². The van der Waals surface area contributed by atoms with Crippen LogP contribution in [0.25, 0.3) is 10.8 Å². The third-order valence-electron chi connectivity index (χ3n) is 6.09. The number of hydrogen-bond donors (Lipinski definition) is 0. The van der Waals surface area contributed by atoms with E-state index in [1.165, 1.54) is 4.90 Å². The van der Waals surface area contributed by atoms with Crippen molar-refractivity contribution >= 4 is 22.8 Å². The Morgan fingerprint density at radius 3 is 2.52 bits per heavy atom. The molecule has 3 atom stereocenters. The van der Waals surface area contributed by atoms with Gasteiger partial charge in [0, 0.05) is 6.54 Å². The highest BCUT2D eigenvalue weighted by molar-refractivity contribution is 5.95. The zero-order chi connectivity index (χ0) is 21.4. The lowest BCUT2D eigenvalue weighted by atomic mass is 9.86. The van der Waals surface area contributed by atoms with Gasteiger partial charge in [-0.3, -0.25) is 9.63 Å². The third kappa shape index (κ3) is 3.58. The van der Waals surface area contributed by atoms with E-state index >= 15 is 0 Å². The van der Waals surface area contributed by atoms with Crippen LogP contribution in [0.15, 0.2) is 72.8 Å². The highest BCUT2D eigenvalue weighted by Gasteiger charge is 2.49. The van der Waals surface area contributed by atoms with E-state index in [9.17, 15) is 9.59 Å². The molecule has 0 saturated carbocycles. The number of hydroxylamine groups is 2. The average molecular weight is 416 g/mol. The summed E-state index contributed by atoms with van der Waals surface area (Å²) in [5.74, 6) is -0.774. The number of imide groups is 1. The molecule has 2 aliphatic heterocycles. The summed E-state index contributed by atoms with van der Waals surface area (Å²) in [5, 5.41) is 4.07. The smallest absolute Gasteiger partial charge is 0.416 e. The zero-order valence-corrected chi connectivity index (χ0v) is 17.3. The van der Waals surface area contributed by atoms with Crippen molar-refractivity contribution in [3.8, 4) is 0 Å². The molecule has 3 aromatic rings. The predicted molar refractivity (Wildman–Crippen MR) is 116 cm³/mol. The van der Waals surface area contributed by atoms with Gasteiger partial charge in [-0.2, -0.15) is 5.06 Å². The van der Waals surface area contributed by atoms with E-state index in [-0.39, 0.29) is 31.2 Å². The van der Waals surface area contributed by atoms with Crippen LogP contribution in [0.4, 0.5) is 4.79 Å². The number of amides is 2. The van der Waals surface area contributed by atoms with Gasteiger partial charge in [-0.05, 0) is 28.8 Å². The molecule has 0 spiro atoms. The molecule has 158 valence electrons. The second kappa shape index (κ2) is 8.13. The van der Waals surface area contributed by atoms with Crippen molar-refractivity contribution in [3.05, 3.63) is 83.9 Å². The summed E-state index contributed by atoms with van der Waals surface area (Å²) in [7, 11) is 0. The largest absolute Gasteiger partial charge is 0.447 e. The minimum atomic E-state index is -0.574. The molecular formula is C25H24N2O4. The highest BCUT2D eigenvalue weighted by Crippen LogP contribution is 2.43. The van der Waals surface area contributed by atoms with Gasteiger partial charge in [0.25, 0.3) is 0 Å². The molecule has 2 saturated heterocycles. The summed E-state index contributed by atoms with van der Waals surface area (Å²) in [5.41, 5.74) is 2.11. The minimum Gasteiger partial charge on any atom is -0.447 e. The van der Waals surface area contributed by atoms with E-state index in [1.54, 1.807) is 0 Å². The Morgan fingerprint density at radius 1 is 1.00 bits per heavy atom. The fraction of sp³-hybridized carbons (Fsp3) is 0.280. The van der Waals surface area contributed by atoms with Crippen LogP contribution in [-0.4, -0.2) is 41.2 Å². The molecule has 2 amide bonds. The molecule has 2 aliphatic rings. The monoisotopic (exact) mass is 416 g/mol. The van der Waals surface area contributed by atoms with E-state index in [2.05, 4.69) is 24.3 Å². The maximum absolute atomic E-state index is 13.5. The number of hydrogen-bond acceptors (Lipinski definition) is 5. The molecule has 6 nitrogen and oxygen atoms in total. The van der Waals surface area contributed by atoms with Gasteiger partial charge in [0.2, 0.25) is 5.91 Å². The summed E-state index contributed by atoms with van der Waals surface area (Å²) in [4.78, 5) is 33.1. The lowest BCUT2D eigenvalue weighted by Gasteiger charge is -2.28. The molecule has 0 radical (unpaired) electrons. The Kier molecular flexibility index (Phi) is 5.18. The number of benzene rings is 3. The molecule has 0 aromatic heterocycles. The van der Waals surface area contributed by atoms with E-state index in [1.807, 2.05) is 60.5 Å². The molecule has 2 fully saturated rings. The normalized spacial score (nSPS) is 24.0. The molecule has 5 rings (SSSR count). The number of carbonyl (C=O) groups is 2. The fourth-order valence-electron chi connectivity index (χ4n) is 4.65. The molecule has 0 N–H and O–H groups in total. The summed E-state index contributed by atoms with van der Waals surface area (Å²) in [6.45, 7) is 2.95. The van der Waals surface area contributed by atoms with Crippen LogP contribution in [0.5, 0.6) is 0 Å². The molecule has 0 bridgehead atoms. The number of cyclic esters (lactones) is 1. The van der Waals surface area contributed by atoms with Crippen molar-refractivity contribution in [3.63, 3.8) is 0 Å². The second-order valence-electron chi connectivity index (χ2n) is 8.01. The second-order valence-corrected chi connectivity index (χ2v) is 8.01. The molecule has 3 aromatic carbocycles. The number of nitrogens with zero attached hydrogens (tertiary/aromatic N) is 2. The summed E-state index contributed by atoms with van der Waals surface area (Å²) >= 11 is 0. The number of rotatable bonds is 4. The number of carbonyl (C=O) groups excluding carboxylic acids is 2. The van der Waals surface area contributed by atoms with Gasteiger partial charge >= 0.3 is 6.09 Å². The van der Waals surface area contributed by atoms with Gasteiger partial charge in [-0.1, -0.05) is 72.8 Å². The lowest BCUT2D eigenvalue weighted by molar-refractivity contribution is -0.166. The van der Waals surface area contributed by atoms with E-state index in [0.717, 1.165) is 21.9 Å². The van der Waals surface area contributed by atoms with E-state index in [4.69, 9.17) is 9.57 Å². The van der Waals surface area contributed by atoms with Crippen LogP contribution < -0.4 is 0 Å². The lowest BCUT2D eigenvalue weighted by Crippen LogP contribution is -2.41. The van der Waals surface area contributed by atoms with Crippen molar-refractivity contribution in [2.24, 2.45) is 5.92 Å². The fourth-order valence-corrected chi connectivity index (χ4v) is 4.65. The molecule has 0 unspecified atom stereocenters. The third-order valence-corrected chi connectivity index (χ3v) is 6.09. The van der Waals surface area contributed by atoms with Gasteiger partial charge in [0.15, 0.2) is 0 Å². The van der Waals surface area contributed by atoms with Gasteiger partial charge in [-0.25, -0.2) is 9.69 Å². The van der Waals surface area contributed by atoms with Gasteiger partial charge in [-0.15, -0.1) is 0 Å². The van der Waals surface area contributed by atoms with Crippen molar-refractivity contribution in [2.45, 2.75) is 25.6 Å². The maximum Gasteiger partial charge on any atom is 0.416 e. The van der Waals surface area contributed by atoms with Crippen LogP contribution in [0.3, 0.4) is 0 Å². The summed E-state index contributed by atoms with van der Waals surface area (Å²) in [6, 6.07) is 24.0. The van der Waals surface area contributed by atoms with Crippen LogP contribution >= 0.6 is 0 Å². The first-order valence-corrected chi connectivity index (χ1v) is 10.6. The Balaban J connectivity index is 1.59. The average Bonchev–Trinajstić information content (AvgIpc) is 3.36. The zero-order valence-electron chi connectivity index (χ0n) is 17.3. The first-order valence-electron chi connectivity index (χ1n) is 10.6. The predicted octanol–water partition coefficient (Wildman–Crippen LogP) is 4.31. The Labute approximate surface area is 180 Å². The molecule has 31 heavy (non-hydrogen) atoms. The SMILES string of the molecule is C[C@@H]1ON(Cc2ccccc2)[C@H](c2cccc3ccccc23)[C@H]1C(=O)N1CCOC1=O. The van der Waals surface area contributed by atoms with Crippen LogP contribution in [0.1, 0.15) is 24.1 Å². The van der Waals surface area contributed by atoms with Crippen LogP contribution in [0, 0.1) is 5.92 Å². The van der Waals surface area contributed by atoms with Crippen molar-refractivity contribution in [1.29, 1.82) is 0 Å². The van der Waals surface area contributed by atoms with Crippen LogP contribution in [0.2, 0.25) is 0 Å². The van der Waals surface area contributed by atoms with Gasteiger partial charge in [0.05, 0.1) is 24.6 Å². The van der Waals surface area contributed by atoms with Crippen molar-refractivity contribution < 1.29 is 19.2 Å². The number of fused-ring (bicyclic) bond motifs is 1. The van der Waals surface area contributed by atoms with E-state index < -0.39 is 12.0 Å². The van der Waals surface area contributed by atoms with Gasteiger partial charge in [0.1, 0.15) is 6.61 Å². The van der Waals surface area contributed by atoms with Crippen LogP contribution in [-0.2, 0) is 20.9 Å². The summed E-state index contributed by atoms with van der Waals surface area (Å²) in [6.07, 6.45) is -0.955. The molecular weight excluding hydrogens is 392 g/mol. The molecule has 6 heteroatoms. The van der Waals surface area contributed by atoms with Crippen molar-refractivity contribution in [2.75, 3.05) is 13.2 Å². The Morgan fingerprint density at radius 2 is 1.74 bits per heavy atom. The Bertz CT molecular complexity index is 1110. The Hall–Kier alpha value is -3.22. The highest BCUT2D eigenvalue weighted by atomic mass is 16.7. The summed E-state index contributed by atoms with van der Waals surface area (Å²) < 4.78 is 5.03. The first-order chi connectivity index (χ1) is 15.1. The maximum atomic E-state index is 13.5. The quantitative estimate of drug-likeness (QED) is 0.634.